The summed E-state index contributed by atoms with van der Waals surface area (Å²) in [6.07, 6.45) is 0. The second-order valence-corrected chi connectivity index (χ2v) is 5.05. The third kappa shape index (κ3) is 3.86. The van der Waals surface area contributed by atoms with Gasteiger partial charge in [-0.1, -0.05) is 0 Å². The number of carbonyl (C=O) groups excluding carboxylic acids is 1. The van der Waals surface area contributed by atoms with Crippen LogP contribution in [0.3, 0.4) is 0 Å². The Labute approximate surface area is 125 Å². The second kappa shape index (κ2) is 7.28. The van der Waals surface area contributed by atoms with Crippen molar-refractivity contribution in [3.05, 3.63) is 18.2 Å². The average molecular weight is 295 g/mol. The first-order valence-corrected chi connectivity index (χ1v) is 7.11. The van der Waals surface area contributed by atoms with Gasteiger partial charge >= 0.3 is 0 Å². The number of carbonyl (C=O) groups is 1. The zero-order valence-electron chi connectivity index (χ0n) is 12.8. The van der Waals surface area contributed by atoms with Gasteiger partial charge in [-0.3, -0.25) is 4.79 Å². The molecule has 0 aromatic heterocycles. The van der Waals surface area contributed by atoms with Crippen molar-refractivity contribution < 1.29 is 23.9 Å². The SMILES string of the molecule is COc1ccc(NC(=O)[C@@H](C)[NH+]2CCOCC2)cc1OC. The molecule has 1 heterocycles. The molecule has 1 aliphatic heterocycles. The second-order valence-electron chi connectivity index (χ2n) is 5.05. The van der Waals surface area contributed by atoms with Gasteiger partial charge in [-0.25, -0.2) is 0 Å². The number of hydrogen-bond acceptors (Lipinski definition) is 4. The molecule has 1 atom stereocenters. The van der Waals surface area contributed by atoms with E-state index in [0.29, 0.717) is 30.4 Å². The highest BCUT2D eigenvalue weighted by Gasteiger charge is 2.27. The summed E-state index contributed by atoms with van der Waals surface area (Å²) in [4.78, 5) is 13.6. The molecule has 0 unspecified atom stereocenters. The normalized spacial score (nSPS) is 17.1. The first-order valence-electron chi connectivity index (χ1n) is 7.11. The van der Waals surface area contributed by atoms with Gasteiger partial charge < -0.3 is 24.4 Å². The van der Waals surface area contributed by atoms with Gasteiger partial charge in [0.25, 0.3) is 5.91 Å². The Morgan fingerprint density at radius 3 is 2.52 bits per heavy atom. The molecule has 0 spiro atoms. The van der Waals surface area contributed by atoms with Crippen molar-refractivity contribution in [3.8, 4) is 11.5 Å². The maximum atomic E-state index is 12.3. The van der Waals surface area contributed by atoms with Crippen molar-refractivity contribution in [1.82, 2.24) is 0 Å². The van der Waals surface area contributed by atoms with Crippen LogP contribution < -0.4 is 19.7 Å². The number of methoxy groups -OCH3 is 2. The van der Waals surface area contributed by atoms with Gasteiger partial charge in [0.15, 0.2) is 17.5 Å². The Morgan fingerprint density at radius 1 is 1.24 bits per heavy atom. The highest BCUT2D eigenvalue weighted by Crippen LogP contribution is 2.29. The summed E-state index contributed by atoms with van der Waals surface area (Å²) >= 11 is 0. The van der Waals surface area contributed by atoms with Crippen LogP contribution in [0.5, 0.6) is 11.5 Å². The summed E-state index contributed by atoms with van der Waals surface area (Å²) in [5.74, 6) is 1.24. The zero-order chi connectivity index (χ0) is 15.2. The minimum Gasteiger partial charge on any atom is -0.493 e. The van der Waals surface area contributed by atoms with Crippen LogP contribution in [0.25, 0.3) is 0 Å². The van der Waals surface area contributed by atoms with E-state index in [4.69, 9.17) is 14.2 Å². The molecule has 116 valence electrons. The van der Waals surface area contributed by atoms with E-state index < -0.39 is 0 Å². The number of quaternary nitrogens is 1. The van der Waals surface area contributed by atoms with E-state index in [1.807, 2.05) is 6.92 Å². The number of ether oxygens (including phenoxy) is 3. The van der Waals surface area contributed by atoms with Crippen molar-refractivity contribution in [2.45, 2.75) is 13.0 Å². The fraction of sp³-hybridized carbons (Fsp3) is 0.533. The molecule has 0 aliphatic carbocycles. The van der Waals surface area contributed by atoms with Gasteiger partial charge in [0, 0.05) is 11.8 Å². The lowest BCUT2D eigenvalue weighted by Gasteiger charge is -2.28. The van der Waals surface area contributed by atoms with E-state index in [2.05, 4.69) is 5.32 Å². The van der Waals surface area contributed by atoms with Crippen LogP contribution in [0.15, 0.2) is 18.2 Å². The lowest BCUT2D eigenvalue weighted by molar-refractivity contribution is -0.921. The Balaban J connectivity index is 2.01. The van der Waals surface area contributed by atoms with Gasteiger partial charge in [-0.2, -0.15) is 0 Å². The lowest BCUT2D eigenvalue weighted by Crippen LogP contribution is -3.18. The molecule has 1 fully saturated rings. The van der Waals surface area contributed by atoms with Gasteiger partial charge in [-0.15, -0.1) is 0 Å². The molecular formula is C15H23N2O4+. The maximum Gasteiger partial charge on any atom is 0.282 e. The minimum absolute atomic E-state index is 0.000815. The van der Waals surface area contributed by atoms with Gasteiger partial charge in [0.05, 0.1) is 27.4 Å². The van der Waals surface area contributed by atoms with Crippen molar-refractivity contribution in [1.29, 1.82) is 0 Å². The van der Waals surface area contributed by atoms with E-state index >= 15 is 0 Å². The summed E-state index contributed by atoms with van der Waals surface area (Å²) < 4.78 is 15.7. The van der Waals surface area contributed by atoms with Crippen molar-refractivity contribution >= 4 is 11.6 Å². The Bertz CT molecular complexity index is 487. The summed E-state index contributed by atoms with van der Waals surface area (Å²) in [6.45, 7) is 5.09. The molecule has 2 rings (SSSR count). The average Bonchev–Trinajstić information content (AvgIpc) is 2.54. The van der Waals surface area contributed by atoms with Crippen LogP contribution in [-0.4, -0.2) is 52.5 Å². The highest BCUT2D eigenvalue weighted by atomic mass is 16.5. The van der Waals surface area contributed by atoms with Gasteiger partial charge in [0.2, 0.25) is 0 Å². The van der Waals surface area contributed by atoms with E-state index in [9.17, 15) is 4.79 Å². The number of anilines is 1. The van der Waals surface area contributed by atoms with Gasteiger partial charge in [0.1, 0.15) is 13.1 Å². The largest absolute Gasteiger partial charge is 0.493 e. The number of nitrogens with one attached hydrogen (secondary N) is 2. The predicted molar refractivity (Wildman–Crippen MR) is 79.2 cm³/mol. The van der Waals surface area contributed by atoms with Crippen LogP contribution in [0, 0.1) is 0 Å². The maximum absolute atomic E-state index is 12.3. The molecule has 21 heavy (non-hydrogen) atoms. The van der Waals surface area contributed by atoms with Crippen LogP contribution >= 0.6 is 0 Å². The van der Waals surface area contributed by atoms with Crippen LogP contribution in [0.1, 0.15) is 6.92 Å². The first kappa shape index (κ1) is 15.6. The molecule has 6 nitrogen and oxygen atoms in total. The topological polar surface area (TPSA) is 61.2 Å². The number of amides is 1. The summed E-state index contributed by atoms with van der Waals surface area (Å²) in [5.41, 5.74) is 0.706. The fourth-order valence-corrected chi connectivity index (χ4v) is 2.42. The zero-order valence-corrected chi connectivity index (χ0v) is 12.8. The van der Waals surface area contributed by atoms with E-state index in [1.54, 1.807) is 32.4 Å². The Hall–Kier alpha value is -1.79. The number of benzene rings is 1. The molecule has 6 heteroatoms. The third-order valence-electron chi connectivity index (χ3n) is 3.79. The third-order valence-corrected chi connectivity index (χ3v) is 3.79. The monoisotopic (exact) mass is 295 g/mol. The van der Waals surface area contributed by atoms with Crippen LogP contribution in [0.4, 0.5) is 5.69 Å². The molecule has 1 amide bonds. The summed E-state index contributed by atoms with van der Waals surface area (Å²) in [6, 6.07) is 5.24. The molecule has 0 radical (unpaired) electrons. The molecule has 1 saturated heterocycles. The predicted octanol–water partition coefficient (Wildman–Crippen LogP) is -0.0541. The minimum atomic E-state index is -0.109. The lowest BCUT2D eigenvalue weighted by atomic mass is 10.2. The van der Waals surface area contributed by atoms with E-state index in [-0.39, 0.29) is 11.9 Å². The van der Waals surface area contributed by atoms with Crippen LogP contribution in [0.2, 0.25) is 0 Å². The van der Waals surface area contributed by atoms with Gasteiger partial charge in [-0.05, 0) is 19.1 Å². The molecule has 1 aromatic rings. The molecule has 1 aromatic carbocycles. The Morgan fingerprint density at radius 2 is 1.90 bits per heavy atom. The number of morpholine rings is 1. The van der Waals surface area contributed by atoms with Crippen LogP contribution in [-0.2, 0) is 9.53 Å². The molecule has 2 N–H and O–H groups in total. The Kier molecular flexibility index (Phi) is 5.41. The summed E-state index contributed by atoms with van der Waals surface area (Å²) in [7, 11) is 3.16. The quantitative estimate of drug-likeness (QED) is 0.799. The van der Waals surface area contributed by atoms with Crippen molar-refractivity contribution in [2.24, 2.45) is 0 Å². The molecule has 1 aliphatic rings. The summed E-state index contributed by atoms with van der Waals surface area (Å²) in [5, 5.41) is 2.93. The van der Waals surface area contributed by atoms with E-state index in [0.717, 1.165) is 13.1 Å². The first-order chi connectivity index (χ1) is 10.2. The molecular weight excluding hydrogens is 272 g/mol. The molecule has 0 saturated carbocycles. The fourth-order valence-electron chi connectivity index (χ4n) is 2.42. The number of rotatable bonds is 5. The standard InChI is InChI=1S/C15H22N2O4/c1-11(17-6-8-21-9-7-17)15(18)16-12-4-5-13(19-2)14(10-12)20-3/h4-5,10-11H,6-9H2,1-3H3,(H,16,18)/p+1/t11-/m1/s1. The smallest absolute Gasteiger partial charge is 0.282 e. The highest BCUT2D eigenvalue weighted by molar-refractivity contribution is 5.93. The van der Waals surface area contributed by atoms with Crippen molar-refractivity contribution in [3.63, 3.8) is 0 Å². The number of hydrogen-bond donors (Lipinski definition) is 2. The molecule has 0 bridgehead atoms. The van der Waals surface area contributed by atoms with Crippen molar-refractivity contribution in [2.75, 3.05) is 45.8 Å². The van der Waals surface area contributed by atoms with E-state index in [1.165, 1.54) is 4.90 Å².